The average Bonchev–Trinajstić information content (AvgIpc) is 3.24. The molecule has 2 aromatic carbocycles. The Morgan fingerprint density at radius 2 is 1.86 bits per heavy atom. The molecule has 2 aromatic heterocycles. The van der Waals surface area contributed by atoms with Crippen molar-refractivity contribution >= 4 is 28.9 Å². The van der Waals surface area contributed by atoms with Gasteiger partial charge in [-0.2, -0.15) is 4.98 Å². The standard InChI is InChI=1S/C25H26FN7O3/c1-3-36-25(34)32-13-11-31(12-14-32)24-28-21(18-9-4-5-10-19(18)35-2)20-22(27)33(30-23(20)29-24)17-8-6-7-16(26)15-17/h4-10,15H,3,11-14,27H2,1-2H3. The van der Waals surface area contributed by atoms with Crippen molar-refractivity contribution < 1.29 is 18.7 Å². The molecule has 1 aliphatic rings. The van der Waals surface area contributed by atoms with Crippen LogP contribution in [0.2, 0.25) is 0 Å². The molecule has 1 aliphatic heterocycles. The number of methoxy groups -OCH3 is 1. The number of rotatable bonds is 5. The zero-order chi connectivity index (χ0) is 25.2. The first-order chi connectivity index (χ1) is 17.5. The van der Waals surface area contributed by atoms with Crippen LogP contribution in [0.5, 0.6) is 5.75 Å². The van der Waals surface area contributed by atoms with Crippen LogP contribution < -0.4 is 15.4 Å². The Labute approximate surface area is 207 Å². The molecule has 0 atom stereocenters. The van der Waals surface area contributed by atoms with Crippen LogP contribution in [0.4, 0.5) is 21.0 Å². The fourth-order valence-corrected chi connectivity index (χ4v) is 4.29. The van der Waals surface area contributed by atoms with Crippen LogP contribution in [0.15, 0.2) is 48.5 Å². The van der Waals surface area contributed by atoms with Gasteiger partial charge < -0.3 is 25.0 Å². The summed E-state index contributed by atoms with van der Waals surface area (Å²) in [6.07, 6.45) is -0.329. The molecule has 4 aromatic rings. The first-order valence-corrected chi connectivity index (χ1v) is 11.6. The summed E-state index contributed by atoms with van der Waals surface area (Å²) >= 11 is 0. The molecule has 0 saturated carbocycles. The Kier molecular flexibility index (Phi) is 6.28. The number of benzene rings is 2. The Morgan fingerprint density at radius 1 is 1.08 bits per heavy atom. The number of nitrogens with zero attached hydrogens (tertiary/aromatic N) is 6. The number of ether oxygens (including phenoxy) is 2. The molecule has 5 rings (SSSR count). The van der Waals surface area contributed by atoms with Gasteiger partial charge in [0.25, 0.3) is 0 Å². The first kappa shape index (κ1) is 23.3. The van der Waals surface area contributed by atoms with E-state index in [9.17, 15) is 9.18 Å². The monoisotopic (exact) mass is 491 g/mol. The van der Waals surface area contributed by atoms with Gasteiger partial charge in [-0.15, -0.1) is 5.10 Å². The van der Waals surface area contributed by atoms with Gasteiger partial charge >= 0.3 is 6.09 Å². The molecule has 2 N–H and O–H groups in total. The summed E-state index contributed by atoms with van der Waals surface area (Å²) in [7, 11) is 1.59. The van der Waals surface area contributed by atoms with Crippen LogP contribution in [-0.4, -0.2) is 70.6 Å². The zero-order valence-electron chi connectivity index (χ0n) is 20.0. The van der Waals surface area contributed by atoms with E-state index in [4.69, 9.17) is 25.2 Å². The van der Waals surface area contributed by atoms with Crippen molar-refractivity contribution in [2.75, 3.05) is 50.5 Å². The number of anilines is 2. The Hall–Kier alpha value is -4.41. The fraction of sp³-hybridized carbons (Fsp3) is 0.280. The third kappa shape index (κ3) is 4.23. The lowest BCUT2D eigenvalue weighted by atomic mass is 10.1. The molecular formula is C25H26FN7O3. The van der Waals surface area contributed by atoms with Gasteiger partial charge in [-0.3, -0.25) is 0 Å². The van der Waals surface area contributed by atoms with E-state index in [0.717, 1.165) is 5.56 Å². The van der Waals surface area contributed by atoms with E-state index in [1.807, 2.05) is 29.2 Å². The number of nitrogen functional groups attached to an aromatic ring is 1. The van der Waals surface area contributed by atoms with Crippen LogP contribution in [0.25, 0.3) is 28.0 Å². The van der Waals surface area contributed by atoms with Crippen molar-refractivity contribution in [2.24, 2.45) is 0 Å². The minimum Gasteiger partial charge on any atom is -0.496 e. The van der Waals surface area contributed by atoms with Crippen LogP contribution in [0.1, 0.15) is 6.92 Å². The van der Waals surface area contributed by atoms with Gasteiger partial charge in [0.05, 0.1) is 30.5 Å². The second-order valence-corrected chi connectivity index (χ2v) is 8.22. The quantitative estimate of drug-likeness (QED) is 0.452. The number of aromatic nitrogens is 4. The van der Waals surface area contributed by atoms with Gasteiger partial charge in [-0.1, -0.05) is 18.2 Å². The van der Waals surface area contributed by atoms with E-state index >= 15 is 0 Å². The lowest BCUT2D eigenvalue weighted by Gasteiger charge is -2.34. The summed E-state index contributed by atoms with van der Waals surface area (Å²) in [6, 6.07) is 13.5. The van der Waals surface area contributed by atoms with Gasteiger partial charge in [0.15, 0.2) is 5.65 Å². The normalized spacial score (nSPS) is 13.8. The molecule has 0 radical (unpaired) electrons. The predicted octanol–water partition coefficient (Wildman–Crippen LogP) is 3.49. The summed E-state index contributed by atoms with van der Waals surface area (Å²) in [5.41, 5.74) is 8.67. The SMILES string of the molecule is CCOC(=O)N1CCN(c2nc(-c3ccccc3OC)c3c(N)n(-c4cccc(F)c4)nc3n2)CC1. The van der Waals surface area contributed by atoms with E-state index in [2.05, 4.69) is 5.10 Å². The van der Waals surface area contributed by atoms with Crippen molar-refractivity contribution in [1.82, 2.24) is 24.6 Å². The van der Waals surface area contributed by atoms with E-state index in [0.29, 0.717) is 66.9 Å². The highest BCUT2D eigenvalue weighted by atomic mass is 19.1. The summed E-state index contributed by atoms with van der Waals surface area (Å²) in [5.74, 6) is 0.960. The largest absolute Gasteiger partial charge is 0.496 e. The molecule has 1 fully saturated rings. The lowest BCUT2D eigenvalue weighted by molar-refractivity contribution is 0.105. The molecular weight excluding hydrogens is 465 g/mol. The van der Waals surface area contributed by atoms with Crippen LogP contribution in [-0.2, 0) is 4.74 Å². The number of amides is 1. The molecule has 186 valence electrons. The Bertz CT molecular complexity index is 1420. The maximum atomic E-state index is 14.0. The number of para-hydroxylation sites is 1. The highest BCUT2D eigenvalue weighted by molar-refractivity contribution is 6.00. The van der Waals surface area contributed by atoms with Crippen LogP contribution >= 0.6 is 0 Å². The third-order valence-corrected chi connectivity index (χ3v) is 6.06. The van der Waals surface area contributed by atoms with Gasteiger partial charge in [0.2, 0.25) is 5.95 Å². The van der Waals surface area contributed by atoms with E-state index in [-0.39, 0.29) is 11.9 Å². The minimum atomic E-state index is -0.400. The lowest BCUT2D eigenvalue weighted by Crippen LogP contribution is -2.49. The molecule has 3 heterocycles. The number of carbonyl (C=O) groups is 1. The third-order valence-electron chi connectivity index (χ3n) is 6.06. The number of hydrogen-bond donors (Lipinski definition) is 1. The molecule has 10 nitrogen and oxygen atoms in total. The van der Waals surface area contributed by atoms with Gasteiger partial charge in [0.1, 0.15) is 17.4 Å². The molecule has 1 saturated heterocycles. The van der Waals surface area contributed by atoms with Gasteiger partial charge in [-0.25, -0.2) is 18.9 Å². The Balaban J connectivity index is 1.62. The zero-order valence-corrected chi connectivity index (χ0v) is 20.0. The van der Waals surface area contributed by atoms with Crippen molar-refractivity contribution in [3.05, 3.63) is 54.3 Å². The van der Waals surface area contributed by atoms with Crippen molar-refractivity contribution in [3.8, 4) is 22.7 Å². The predicted molar refractivity (Wildman–Crippen MR) is 134 cm³/mol. The van der Waals surface area contributed by atoms with Crippen molar-refractivity contribution in [2.45, 2.75) is 6.92 Å². The van der Waals surface area contributed by atoms with Gasteiger partial charge in [0, 0.05) is 31.7 Å². The van der Waals surface area contributed by atoms with Crippen LogP contribution in [0.3, 0.4) is 0 Å². The smallest absolute Gasteiger partial charge is 0.409 e. The second kappa shape index (κ2) is 9.68. The summed E-state index contributed by atoms with van der Waals surface area (Å²) in [4.78, 5) is 25.4. The highest BCUT2D eigenvalue weighted by Crippen LogP contribution is 2.37. The molecule has 11 heteroatoms. The van der Waals surface area contributed by atoms with Gasteiger partial charge in [-0.05, 0) is 37.3 Å². The Morgan fingerprint density at radius 3 is 2.58 bits per heavy atom. The highest BCUT2D eigenvalue weighted by Gasteiger charge is 2.27. The number of carbonyl (C=O) groups excluding carboxylic acids is 1. The average molecular weight is 492 g/mol. The molecule has 1 amide bonds. The topological polar surface area (TPSA) is 112 Å². The minimum absolute atomic E-state index is 0.287. The van der Waals surface area contributed by atoms with Crippen molar-refractivity contribution in [1.29, 1.82) is 0 Å². The summed E-state index contributed by atoms with van der Waals surface area (Å²) in [5, 5.41) is 5.15. The first-order valence-electron chi connectivity index (χ1n) is 11.6. The number of fused-ring (bicyclic) bond motifs is 1. The van der Waals surface area contributed by atoms with Crippen LogP contribution in [0, 0.1) is 5.82 Å². The second-order valence-electron chi connectivity index (χ2n) is 8.22. The van der Waals surface area contributed by atoms with E-state index in [1.54, 1.807) is 31.1 Å². The fourth-order valence-electron chi connectivity index (χ4n) is 4.29. The maximum absolute atomic E-state index is 14.0. The van der Waals surface area contributed by atoms with E-state index in [1.165, 1.54) is 16.8 Å². The maximum Gasteiger partial charge on any atom is 0.409 e. The van der Waals surface area contributed by atoms with E-state index < -0.39 is 5.82 Å². The molecule has 0 bridgehead atoms. The van der Waals surface area contributed by atoms with Crippen molar-refractivity contribution in [3.63, 3.8) is 0 Å². The molecule has 0 aliphatic carbocycles. The number of hydrogen-bond acceptors (Lipinski definition) is 8. The summed E-state index contributed by atoms with van der Waals surface area (Å²) < 4.78 is 26.1. The number of halogens is 1. The summed E-state index contributed by atoms with van der Waals surface area (Å²) in [6.45, 7) is 4.11. The molecule has 0 unspecified atom stereocenters. The molecule has 36 heavy (non-hydrogen) atoms. The number of nitrogens with two attached hydrogens (primary N) is 1. The number of piperazine rings is 1. The molecule has 0 spiro atoms.